The number of hydrogen-bond donors (Lipinski definition) is 0. The minimum Gasteiger partial charge on any atom is -0.350 e. The van der Waals surface area contributed by atoms with Crippen LogP contribution in [0, 0.1) is 0 Å². The van der Waals surface area contributed by atoms with Gasteiger partial charge >= 0.3 is 0 Å². The number of aromatic nitrogens is 4. The Morgan fingerprint density at radius 1 is 1.14 bits per heavy atom. The quantitative estimate of drug-likeness (QED) is 0.857. The molecule has 0 amide bonds. The fraction of sp³-hybridized carbons (Fsp3) is 0.500. The van der Waals surface area contributed by atoms with Crippen LogP contribution in [-0.2, 0) is 6.54 Å². The molecule has 4 rings (SSSR count). The lowest BCUT2D eigenvalue weighted by Crippen LogP contribution is -2.37. The molecule has 2 fully saturated rings. The molecule has 0 N–H and O–H groups in total. The minimum atomic E-state index is -0.0455. The summed E-state index contributed by atoms with van der Waals surface area (Å²) >= 11 is 0. The summed E-state index contributed by atoms with van der Waals surface area (Å²) in [6, 6.07) is 3.51. The van der Waals surface area contributed by atoms with Crippen molar-refractivity contribution in [3.05, 3.63) is 46.8 Å². The van der Waals surface area contributed by atoms with E-state index >= 15 is 0 Å². The molecular weight excluding hydrogens is 278 g/mol. The molecule has 0 radical (unpaired) electrons. The van der Waals surface area contributed by atoms with Crippen LogP contribution in [0.4, 0.5) is 5.82 Å². The molecule has 6 heteroatoms. The molecule has 0 aromatic carbocycles. The highest BCUT2D eigenvalue weighted by atomic mass is 16.1. The highest BCUT2D eigenvalue weighted by Gasteiger charge is 2.34. The summed E-state index contributed by atoms with van der Waals surface area (Å²) < 4.78 is 1.55. The summed E-state index contributed by atoms with van der Waals surface area (Å²) in [5, 5.41) is 4.18. The van der Waals surface area contributed by atoms with E-state index in [9.17, 15) is 4.79 Å². The number of rotatable bonds is 4. The monoisotopic (exact) mass is 297 g/mol. The largest absolute Gasteiger partial charge is 0.350 e. The van der Waals surface area contributed by atoms with E-state index in [1.807, 2.05) is 0 Å². The first-order valence-corrected chi connectivity index (χ1v) is 7.92. The molecule has 1 saturated heterocycles. The third-order valence-electron chi connectivity index (χ3n) is 4.49. The average Bonchev–Trinajstić information content (AvgIpc) is 3.29. The fourth-order valence-electron chi connectivity index (χ4n) is 3.24. The van der Waals surface area contributed by atoms with Gasteiger partial charge in [0.2, 0.25) is 0 Å². The zero-order chi connectivity index (χ0) is 14.9. The van der Waals surface area contributed by atoms with Crippen LogP contribution >= 0.6 is 0 Å². The van der Waals surface area contributed by atoms with Crippen molar-refractivity contribution in [2.45, 2.75) is 44.2 Å². The smallest absolute Gasteiger partial charge is 0.266 e. The van der Waals surface area contributed by atoms with Crippen LogP contribution < -0.4 is 10.5 Å². The van der Waals surface area contributed by atoms with E-state index in [4.69, 9.17) is 0 Å². The Morgan fingerprint density at radius 2 is 2.00 bits per heavy atom. The summed E-state index contributed by atoms with van der Waals surface area (Å²) in [4.78, 5) is 23.4. The molecule has 114 valence electrons. The lowest BCUT2D eigenvalue weighted by molar-refractivity contribution is 0.486. The van der Waals surface area contributed by atoms with E-state index in [0.717, 1.165) is 30.9 Å². The van der Waals surface area contributed by atoms with E-state index in [1.54, 1.807) is 35.4 Å². The normalized spacial score (nSPS) is 21.3. The standard InChI is InChI=1S/C16H19N5O/c22-14-4-1-7-19-21(14)11-13-3-2-10-20(13)16-15(12-5-6-12)17-8-9-18-16/h1,4,7-9,12-13H,2-3,5-6,10-11H2. The summed E-state index contributed by atoms with van der Waals surface area (Å²) in [6.07, 6.45) is 9.82. The number of nitrogens with zero attached hydrogens (tertiary/aromatic N) is 5. The summed E-state index contributed by atoms with van der Waals surface area (Å²) in [5.41, 5.74) is 1.08. The molecule has 1 aliphatic heterocycles. The third kappa shape index (κ3) is 2.49. The Kier molecular flexibility index (Phi) is 3.36. The maximum absolute atomic E-state index is 11.9. The summed E-state index contributed by atoms with van der Waals surface area (Å²) in [6.45, 7) is 1.59. The summed E-state index contributed by atoms with van der Waals surface area (Å²) in [7, 11) is 0. The van der Waals surface area contributed by atoms with Crippen LogP contribution in [0.25, 0.3) is 0 Å². The lowest BCUT2D eigenvalue weighted by Gasteiger charge is -2.27. The second kappa shape index (κ2) is 5.51. The van der Waals surface area contributed by atoms with Crippen LogP contribution in [0.2, 0.25) is 0 Å². The van der Waals surface area contributed by atoms with Crippen LogP contribution in [0.15, 0.2) is 35.5 Å². The van der Waals surface area contributed by atoms with Gasteiger partial charge in [0.25, 0.3) is 5.56 Å². The Labute approximate surface area is 128 Å². The van der Waals surface area contributed by atoms with Crippen molar-refractivity contribution in [3.8, 4) is 0 Å². The Balaban J connectivity index is 1.62. The molecule has 2 aromatic heterocycles. The van der Waals surface area contributed by atoms with Crippen LogP contribution in [0.1, 0.15) is 37.3 Å². The summed E-state index contributed by atoms with van der Waals surface area (Å²) in [5.74, 6) is 1.58. The Bertz CT molecular complexity index is 724. The SMILES string of the molecule is O=c1cccnn1CC1CCCN1c1nccnc1C1CC1. The molecular formula is C16H19N5O. The average molecular weight is 297 g/mol. The second-order valence-electron chi connectivity index (χ2n) is 6.07. The Morgan fingerprint density at radius 3 is 2.82 bits per heavy atom. The van der Waals surface area contributed by atoms with Crippen molar-refractivity contribution in [2.75, 3.05) is 11.4 Å². The van der Waals surface area contributed by atoms with Gasteiger partial charge in [-0.3, -0.25) is 9.78 Å². The van der Waals surface area contributed by atoms with Gasteiger partial charge < -0.3 is 4.90 Å². The highest BCUT2D eigenvalue weighted by molar-refractivity contribution is 5.48. The Hall–Kier alpha value is -2.24. The van der Waals surface area contributed by atoms with Gasteiger partial charge in [0, 0.05) is 37.1 Å². The van der Waals surface area contributed by atoms with Gasteiger partial charge in [-0.05, 0) is 31.7 Å². The van der Waals surface area contributed by atoms with E-state index in [0.29, 0.717) is 12.5 Å². The van der Waals surface area contributed by atoms with E-state index in [1.165, 1.54) is 12.8 Å². The van der Waals surface area contributed by atoms with Gasteiger partial charge in [0.1, 0.15) is 0 Å². The first kappa shape index (κ1) is 13.4. The molecule has 1 atom stereocenters. The maximum Gasteiger partial charge on any atom is 0.266 e. The van der Waals surface area contributed by atoms with Crippen molar-refractivity contribution in [3.63, 3.8) is 0 Å². The molecule has 2 aromatic rings. The van der Waals surface area contributed by atoms with Gasteiger partial charge in [-0.25, -0.2) is 9.67 Å². The van der Waals surface area contributed by atoms with Gasteiger partial charge in [0.05, 0.1) is 18.3 Å². The first-order chi connectivity index (χ1) is 10.8. The van der Waals surface area contributed by atoms with Crippen LogP contribution in [0.5, 0.6) is 0 Å². The van der Waals surface area contributed by atoms with Crippen LogP contribution in [0.3, 0.4) is 0 Å². The number of anilines is 1. The van der Waals surface area contributed by atoms with Gasteiger partial charge in [-0.15, -0.1) is 0 Å². The van der Waals surface area contributed by atoms with E-state index in [-0.39, 0.29) is 11.6 Å². The lowest BCUT2D eigenvalue weighted by atomic mass is 10.2. The predicted molar refractivity (Wildman–Crippen MR) is 82.9 cm³/mol. The van der Waals surface area contributed by atoms with Crippen molar-refractivity contribution < 1.29 is 0 Å². The van der Waals surface area contributed by atoms with Crippen molar-refractivity contribution in [1.29, 1.82) is 0 Å². The van der Waals surface area contributed by atoms with E-state index in [2.05, 4.69) is 20.0 Å². The molecule has 6 nitrogen and oxygen atoms in total. The fourth-order valence-corrected chi connectivity index (χ4v) is 3.24. The predicted octanol–water partition coefficient (Wildman–Crippen LogP) is 1.58. The molecule has 1 aliphatic carbocycles. The molecule has 0 bridgehead atoms. The maximum atomic E-state index is 11.9. The van der Waals surface area contributed by atoms with Crippen LogP contribution in [-0.4, -0.2) is 32.3 Å². The number of hydrogen-bond acceptors (Lipinski definition) is 5. The molecule has 3 heterocycles. The first-order valence-electron chi connectivity index (χ1n) is 7.92. The van der Waals surface area contributed by atoms with Gasteiger partial charge in [-0.2, -0.15) is 5.10 Å². The third-order valence-corrected chi connectivity index (χ3v) is 4.49. The molecule has 1 saturated carbocycles. The zero-order valence-corrected chi connectivity index (χ0v) is 12.4. The van der Waals surface area contributed by atoms with Crippen molar-refractivity contribution in [1.82, 2.24) is 19.7 Å². The molecule has 22 heavy (non-hydrogen) atoms. The highest BCUT2D eigenvalue weighted by Crippen LogP contribution is 2.43. The topological polar surface area (TPSA) is 63.9 Å². The van der Waals surface area contributed by atoms with Crippen molar-refractivity contribution >= 4 is 5.82 Å². The molecule has 2 aliphatic rings. The minimum absolute atomic E-state index is 0.0455. The molecule has 0 spiro atoms. The van der Waals surface area contributed by atoms with Gasteiger partial charge in [0.15, 0.2) is 5.82 Å². The van der Waals surface area contributed by atoms with E-state index < -0.39 is 0 Å². The second-order valence-corrected chi connectivity index (χ2v) is 6.07. The zero-order valence-electron chi connectivity index (χ0n) is 12.4. The van der Waals surface area contributed by atoms with Crippen molar-refractivity contribution in [2.24, 2.45) is 0 Å². The van der Waals surface area contributed by atoms with Gasteiger partial charge in [-0.1, -0.05) is 0 Å². The molecule has 1 unspecified atom stereocenters.